The van der Waals surface area contributed by atoms with Crippen LogP contribution in [0.3, 0.4) is 0 Å². The van der Waals surface area contributed by atoms with Crippen molar-refractivity contribution in [2.45, 2.75) is 26.7 Å². The van der Waals surface area contributed by atoms with E-state index in [0.717, 1.165) is 11.0 Å². The number of nitrogens with zero attached hydrogens (tertiary/aromatic N) is 1. The molecule has 0 aromatic carbocycles. The molecular formula is C9H22NO+. The van der Waals surface area contributed by atoms with Crippen LogP contribution < -0.4 is 0 Å². The molecule has 0 aliphatic heterocycles. The summed E-state index contributed by atoms with van der Waals surface area (Å²) in [7, 11) is 2.23. The van der Waals surface area contributed by atoms with E-state index in [1.54, 1.807) is 0 Å². The van der Waals surface area contributed by atoms with Crippen LogP contribution in [-0.4, -0.2) is 42.9 Å². The normalized spacial score (nSPS) is 12.0. The Labute approximate surface area is 70.4 Å². The average Bonchev–Trinajstić information content (AvgIpc) is 1.88. The molecule has 2 nitrogen and oxygen atoms in total. The van der Waals surface area contributed by atoms with Gasteiger partial charge in [0.2, 0.25) is 0 Å². The van der Waals surface area contributed by atoms with Gasteiger partial charge in [-0.3, -0.25) is 0 Å². The summed E-state index contributed by atoms with van der Waals surface area (Å²) in [5.41, 5.74) is 0. The summed E-state index contributed by atoms with van der Waals surface area (Å²) in [5, 5.41) is 8.84. The summed E-state index contributed by atoms with van der Waals surface area (Å²) in [4.78, 5) is 0. The molecule has 0 spiro atoms. The van der Waals surface area contributed by atoms with Gasteiger partial charge in [-0.25, -0.2) is 0 Å². The molecule has 11 heavy (non-hydrogen) atoms. The topological polar surface area (TPSA) is 20.2 Å². The standard InChI is InChI=1S/C9H22NO/c1-4-6-10(3,7-5-2)8-9-11/h11H,4-9H2,1-3H3/q+1. The second-order valence-corrected chi connectivity index (χ2v) is 3.51. The molecule has 0 aliphatic carbocycles. The third-order valence-corrected chi connectivity index (χ3v) is 2.17. The van der Waals surface area contributed by atoms with E-state index in [9.17, 15) is 0 Å². The van der Waals surface area contributed by atoms with Gasteiger partial charge in [0.25, 0.3) is 0 Å². The van der Waals surface area contributed by atoms with Crippen LogP contribution in [0.2, 0.25) is 0 Å². The van der Waals surface area contributed by atoms with E-state index in [1.165, 1.54) is 25.9 Å². The van der Waals surface area contributed by atoms with Crippen LogP contribution in [0.5, 0.6) is 0 Å². The van der Waals surface area contributed by atoms with Crippen molar-refractivity contribution in [2.24, 2.45) is 0 Å². The smallest absolute Gasteiger partial charge is 0.102 e. The number of rotatable bonds is 6. The second-order valence-electron chi connectivity index (χ2n) is 3.51. The van der Waals surface area contributed by atoms with Gasteiger partial charge in [-0.2, -0.15) is 0 Å². The molecule has 0 saturated carbocycles. The molecule has 0 unspecified atom stereocenters. The van der Waals surface area contributed by atoms with Crippen molar-refractivity contribution in [2.75, 3.05) is 33.3 Å². The van der Waals surface area contributed by atoms with Crippen molar-refractivity contribution in [3.05, 3.63) is 0 Å². The average molecular weight is 160 g/mol. The van der Waals surface area contributed by atoms with Gasteiger partial charge in [0, 0.05) is 0 Å². The highest BCUT2D eigenvalue weighted by Gasteiger charge is 2.17. The predicted octanol–water partition coefficient (Wildman–Crippen LogP) is 1.25. The van der Waals surface area contributed by atoms with Crippen molar-refractivity contribution < 1.29 is 9.59 Å². The van der Waals surface area contributed by atoms with E-state index < -0.39 is 0 Å². The summed E-state index contributed by atoms with van der Waals surface area (Å²) in [6, 6.07) is 0. The highest BCUT2D eigenvalue weighted by Crippen LogP contribution is 2.04. The van der Waals surface area contributed by atoms with Gasteiger partial charge in [0.05, 0.1) is 26.7 Å². The van der Waals surface area contributed by atoms with Crippen LogP contribution in [0.25, 0.3) is 0 Å². The summed E-state index contributed by atoms with van der Waals surface area (Å²) in [5.74, 6) is 0. The molecule has 0 amide bonds. The van der Waals surface area contributed by atoms with Gasteiger partial charge in [0.15, 0.2) is 0 Å². The molecule has 0 bridgehead atoms. The molecule has 0 radical (unpaired) electrons. The lowest BCUT2D eigenvalue weighted by Crippen LogP contribution is -2.47. The van der Waals surface area contributed by atoms with Crippen molar-refractivity contribution in [3.8, 4) is 0 Å². The van der Waals surface area contributed by atoms with E-state index >= 15 is 0 Å². The number of aliphatic hydroxyl groups excluding tert-OH is 1. The van der Waals surface area contributed by atoms with Crippen molar-refractivity contribution in [1.29, 1.82) is 0 Å². The zero-order chi connectivity index (χ0) is 8.74. The first-order chi connectivity index (χ1) is 5.18. The third-order valence-electron chi connectivity index (χ3n) is 2.17. The monoisotopic (exact) mass is 160 g/mol. The lowest BCUT2D eigenvalue weighted by Gasteiger charge is -2.33. The van der Waals surface area contributed by atoms with E-state index in [-0.39, 0.29) is 0 Å². The zero-order valence-electron chi connectivity index (χ0n) is 8.14. The molecular weight excluding hydrogens is 138 g/mol. The minimum absolute atomic E-state index is 0.316. The number of likely N-dealkylation sites (N-methyl/N-ethyl adjacent to an activating group) is 1. The molecule has 0 fully saturated rings. The maximum atomic E-state index is 8.84. The molecule has 0 aromatic heterocycles. The highest BCUT2D eigenvalue weighted by molar-refractivity contribution is 4.37. The Balaban J connectivity index is 3.79. The van der Waals surface area contributed by atoms with Gasteiger partial charge in [-0.05, 0) is 12.8 Å². The lowest BCUT2D eigenvalue weighted by molar-refractivity contribution is -0.909. The van der Waals surface area contributed by atoms with E-state index in [2.05, 4.69) is 20.9 Å². The summed E-state index contributed by atoms with van der Waals surface area (Å²) in [6.45, 7) is 7.99. The Morgan fingerprint density at radius 1 is 1.00 bits per heavy atom. The van der Waals surface area contributed by atoms with Crippen molar-refractivity contribution in [1.82, 2.24) is 0 Å². The molecule has 0 heterocycles. The lowest BCUT2D eigenvalue weighted by atomic mass is 10.3. The van der Waals surface area contributed by atoms with E-state index in [4.69, 9.17) is 5.11 Å². The Morgan fingerprint density at radius 3 is 1.73 bits per heavy atom. The summed E-state index contributed by atoms with van der Waals surface area (Å²) >= 11 is 0. The zero-order valence-corrected chi connectivity index (χ0v) is 8.14. The summed E-state index contributed by atoms with van der Waals surface area (Å²) < 4.78 is 1.03. The first-order valence-corrected chi connectivity index (χ1v) is 4.63. The minimum atomic E-state index is 0.316. The van der Waals surface area contributed by atoms with Crippen LogP contribution in [0, 0.1) is 0 Å². The number of quaternary nitrogens is 1. The maximum absolute atomic E-state index is 8.84. The Bertz CT molecular complexity index is 76.5. The maximum Gasteiger partial charge on any atom is 0.102 e. The van der Waals surface area contributed by atoms with Gasteiger partial charge in [-0.1, -0.05) is 13.8 Å². The first kappa shape index (κ1) is 10.9. The largest absolute Gasteiger partial charge is 0.391 e. The quantitative estimate of drug-likeness (QED) is 0.580. The second kappa shape index (κ2) is 5.56. The molecule has 1 N–H and O–H groups in total. The molecule has 0 saturated heterocycles. The fourth-order valence-corrected chi connectivity index (χ4v) is 1.66. The van der Waals surface area contributed by atoms with Crippen LogP contribution >= 0.6 is 0 Å². The minimum Gasteiger partial charge on any atom is -0.391 e. The van der Waals surface area contributed by atoms with E-state index in [0.29, 0.717) is 6.61 Å². The Kier molecular flexibility index (Phi) is 5.51. The van der Waals surface area contributed by atoms with Crippen molar-refractivity contribution >= 4 is 0 Å². The highest BCUT2D eigenvalue weighted by atomic mass is 16.3. The first-order valence-electron chi connectivity index (χ1n) is 4.63. The van der Waals surface area contributed by atoms with Crippen molar-refractivity contribution in [3.63, 3.8) is 0 Å². The van der Waals surface area contributed by atoms with Gasteiger partial charge >= 0.3 is 0 Å². The SMILES string of the molecule is CCC[N+](C)(CCC)CCO. The van der Waals surface area contributed by atoms with Crippen LogP contribution in [0.1, 0.15) is 26.7 Å². The predicted molar refractivity (Wildman–Crippen MR) is 48.5 cm³/mol. The van der Waals surface area contributed by atoms with Gasteiger partial charge < -0.3 is 9.59 Å². The molecule has 0 atom stereocenters. The molecule has 0 aromatic rings. The van der Waals surface area contributed by atoms with E-state index in [1.807, 2.05) is 0 Å². The van der Waals surface area contributed by atoms with Crippen LogP contribution in [0.15, 0.2) is 0 Å². The Hall–Kier alpha value is -0.0800. The van der Waals surface area contributed by atoms with Crippen LogP contribution in [-0.2, 0) is 0 Å². The number of aliphatic hydroxyl groups is 1. The Morgan fingerprint density at radius 2 is 1.45 bits per heavy atom. The van der Waals surface area contributed by atoms with Gasteiger partial charge in [0.1, 0.15) is 6.54 Å². The van der Waals surface area contributed by atoms with Crippen LogP contribution in [0.4, 0.5) is 0 Å². The fraction of sp³-hybridized carbons (Fsp3) is 1.00. The number of hydrogen-bond acceptors (Lipinski definition) is 1. The molecule has 0 rings (SSSR count). The third kappa shape index (κ3) is 4.38. The molecule has 68 valence electrons. The molecule has 0 aliphatic rings. The summed E-state index contributed by atoms with van der Waals surface area (Å²) in [6.07, 6.45) is 2.41. The molecule has 2 heteroatoms. The number of hydrogen-bond donors (Lipinski definition) is 1. The van der Waals surface area contributed by atoms with Gasteiger partial charge in [-0.15, -0.1) is 0 Å². The fourth-order valence-electron chi connectivity index (χ4n) is 1.66.